The van der Waals surface area contributed by atoms with Crippen molar-refractivity contribution in [2.45, 2.75) is 82.8 Å². The van der Waals surface area contributed by atoms with Crippen LogP contribution in [0.15, 0.2) is 18.2 Å². The SMILES string of the molecule is CCOCCCCC(O)(c1cccc(Cl)c1Cl)C1CCCN(C(=O)NC(CNC)CC2CCCC2)C1. The topological polar surface area (TPSA) is 73.8 Å². The highest BCUT2D eigenvalue weighted by Gasteiger charge is 2.42. The van der Waals surface area contributed by atoms with Gasteiger partial charge in [0.25, 0.3) is 0 Å². The first-order chi connectivity index (χ1) is 17.4. The predicted octanol–water partition coefficient (Wildman–Crippen LogP) is 5.98. The van der Waals surface area contributed by atoms with Crippen LogP contribution in [-0.4, -0.2) is 62.0 Å². The number of urea groups is 1. The van der Waals surface area contributed by atoms with Crippen molar-refractivity contribution >= 4 is 29.2 Å². The van der Waals surface area contributed by atoms with E-state index in [0.29, 0.717) is 54.3 Å². The van der Waals surface area contributed by atoms with Crippen LogP contribution in [0.5, 0.6) is 0 Å². The summed E-state index contributed by atoms with van der Waals surface area (Å²) in [4.78, 5) is 15.2. The first-order valence-corrected chi connectivity index (χ1v) is 14.6. The number of nitrogens with zero attached hydrogens (tertiary/aromatic N) is 1. The average molecular weight is 543 g/mol. The molecule has 36 heavy (non-hydrogen) atoms. The van der Waals surface area contributed by atoms with Crippen molar-refractivity contribution < 1.29 is 14.6 Å². The maximum absolute atomic E-state index is 13.4. The number of halogens is 2. The molecule has 2 amide bonds. The molecular formula is C28H45Cl2N3O3. The van der Waals surface area contributed by atoms with Gasteiger partial charge in [0, 0.05) is 50.4 Å². The summed E-state index contributed by atoms with van der Waals surface area (Å²) >= 11 is 13.0. The van der Waals surface area contributed by atoms with Gasteiger partial charge in [0.05, 0.1) is 15.6 Å². The quantitative estimate of drug-likeness (QED) is 0.268. The van der Waals surface area contributed by atoms with Crippen LogP contribution in [0.25, 0.3) is 0 Å². The minimum Gasteiger partial charge on any atom is -0.385 e. The highest BCUT2D eigenvalue weighted by molar-refractivity contribution is 6.42. The third-order valence-electron chi connectivity index (χ3n) is 7.97. The number of nitrogens with one attached hydrogen (secondary N) is 2. The van der Waals surface area contributed by atoms with E-state index in [4.69, 9.17) is 27.9 Å². The zero-order chi connectivity index (χ0) is 26.0. The number of carbonyl (C=O) groups is 1. The van der Waals surface area contributed by atoms with Gasteiger partial charge in [-0.1, -0.05) is 61.0 Å². The summed E-state index contributed by atoms with van der Waals surface area (Å²) in [6, 6.07) is 5.54. The summed E-state index contributed by atoms with van der Waals surface area (Å²) in [5, 5.41) is 19.5. The van der Waals surface area contributed by atoms with Gasteiger partial charge in [-0.05, 0) is 64.5 Å². The van der Waals surface area contributed by atoms with Crippen LogP contribution in [0, 0.1) is 11.8 Å². The van der Waals surface area contributed by atoms with Crippen molar-refractivity contribution in [1.82, 2.24) is 15.5 Å². The Bertz CT molecular complexity index is 821. The fraction of sp³-hybridized carbons (Fsp3) is 0.750. The fourth-order valence-corrected chi connectivity index (χ4v) is 6.51. The molecule has 3 N–H and O–H groups in total. The van der Waals surface area contributed by atoms with Crippen LogP contribution in [0.2, 0.25) is 10.0 Å². The summed E-state index contributed by atoms with van der Waals surface area (Å²) in [5.41, 5.74) is -0.504. The standard InChI is InChI=1S/C28H45Cl2N3O3/c1-3-36-17-7-6-15-28(35,24-13-8-14-25(29)26(24)30)22-12-9-16-33(20-22)27(34)32-23(19-31-2)18-21-10-4-5-11-21/h8,13-14,21-23,31,35H,3-7,9-12,15-20H2,1-2H3,(H,32,34). The molecule has 1 saturated heterocycles. The van der Waals surface area contributed by atoms with Crippen molar-refractivity contribution in [1.29, 1.82) is 0 Å². The first kappa shape index (κ1) is 29.5. The van der Waals surface area contributed by atoms with Gasteiger partial charge in [-0.3, -0.25) is 0 Å². The molecule has 6 nitrogen and oxygen atoms in total. The minimum atomic E-state index is -1.17. The van der Waals surface area contributed by atoms with Crippen LogP contribution >= 0.6 is 23.2 Å². The maximum Gasteiger partial charge on any atom is 0.317 e. The van der Waals surface area contributed by atoms with E-state index < -0.39 is 5.60 Å². The molecule has 1 aliphatic carbocycles. The number of rotatable bonds is 13. The number of aliphatic hydroxyl groups is 1. The lowest BCUT2D eigenvalue weighted by Gasteiger charge is -2.43. The van der Waals surface area contributed by atoms with Gasteiger partial charge >= 0.3 is 6.03 Å². The number of likely N-dealkylation sites (tertiary alicyclic amines) is 1. The molecule has 2 aliphatic rings. The molecular weight excluding hydrogens is 497 g/mol. The largest absolute Gasteiger partial charge is 0.385 e. The Kier molecular flexibility index (Phi) is 12.1. The summed E-state index contributed by atoms with van der Waals surface area (Å²) in [5.74, 6) is 0.571. The second kappa shape index (κ2) is 14.8. The predicted molar refractivity (Wildman–Crippen MR) is 148 cm³/mol. The molecule has 1 heterocycles. The van der Waals surface area contributed by atoms with E-state index in [-0.39, 0.29) is 18.0 Å². The molecule has 1 saturated carbocycles. The highest BCUT2D eigenvalue weighted by Crippen LogP contribution is 2.44. The van der Waals surface area contributed by atoms with Crippen molar-refractivity contribution in [2.24, 2.45) is 11.8 Å². The molecule has 8 heteroatoms. The number of likely N-dealkylation sites (N-methyl/N-ethyl adjacent to an activating group) is 1. The second-order valence-corrected chi connectivity index (χ2v) is 11.3. The average Bonchev–Trinajstić information content (AvgIpc) is 3.38. The van der Waals surface area contributed by atoms with E-state index in [9.17, 15) is 9.90 Å². The zero-order valence-electron chi connectivity index (χ0n) is 22.0. The molecule has 3 unspecified atom stereocenters. The molecule has 0 spiro atoms. The Balaban J connectivity index is 1.72. The van der Waals surface area contributed by atoms with Crippen molar-refractivity contribution in [3.8, 4) is 0 Å². The van der Waals surface area contributed by atoms with Gasteiger partial charge < -0.3 is 25.4 Å². The molecule has 2 fully saturated rings. The number of hydrogen-bond donors (Lipinski definition) is 3. The Hall–Kier alpha value is -1.05. The number of amides is 2. The molecule has 204 valence electrons. The lowest BCUT2D eigenvalue weighted by atomic mass is 9.74. The number of ether oxygens (including phenoxy) is 1. The van der Waals surface area contributed by atoms with E-state index in [2.05, 4.69) is 10.6 Å². The van der Waals surface area contributed by atoms with Crippen molar-refractivity contribution in [3.63, 3.8) is 0 Å². The first-order valence-electron chi connectivity index (χ1n) is 13.8. The zero-order valence-corrected chi connectivity index (χ0v) is 23.5. The van der Waals surface area contributed by atoms with Gasteiger partial charge in [-0.25, -0.2) is 4.79 Å². The number of piperidine rings is 1. The Morgan fingerprint density at radius 1 is 1.22 bits per heavy atom. The van der Waals surface area contributed by atoms with Gasteiger partial charge in [0.1, 0.15) is 0 Å². The Labute approximate surface area is 227 Å². The number of unbranched alkanes of at least 4 members (excludes halogenated alkanes) is 1. The van der Waals surface area contributed by atoms with E-state index in [0.717, 1.165) is 38.6 Å². The normalized spacial score (nSPS) is 21.4. The number of hydrogen-bond acceptors (Lipinski definition) is 4. The maximum atomic E-state index is 13.4. The second-order valence-electron chi connectivity index (χ2n) is 10.6. The third-order valence-corrected chi connectivity index (χ3v) is 8.79. The smallest absolute Gasteiger partial charge is 0.317 e. The van der Waals surface area contributed by atoms with Crippen LogP contribution in [0.4, 0.5) is 4.79 Å². The van der Waals surface area contributed by atoms with Crippen LogP contribution in [-0.2, 0) is 10.3 Å². The lowest BCUT2D eigenvalue weighted by molar-refractivity contribution is -0.0564. The summed E-state index contributed by atoms with van der Waals surface area (Å²) in [6.45, 7) is 5.30. The molecule has 3 rings (SSSR count). The van der Waals surface area contributed by atoms with E-state index in [1.807, 2.05) is 31.0 Å². The monoisotopic (exact) mass is 541 g/mol. The molecule has 0 radical (unpaired) electrons. The van der Waals surface area contributed by atoms with E-state index in [1.165, 1.54) is 25.7 Å². The highest BCUT2D eigenvalue weighted by atomic mass is 35.5. The van der Waals surface area contributed by atoms with Gasteiger partial charge in [-0.15, -0.1) is 0 Å². The van der Waals surface area contributed by atoms with Crippen LogP contribution in [0.3, 0.4) is 0 Å². The van der Waals surface area contributed by atoms with Crippen molar-refractivity contribution in [2.75, 3.05) is 39.9 Å². The fourth-order valence-electron chi connectivity index (χ4n) is 6.05. The third kappa shape index (κ3) is 7.97. The lowest BCUT2D eigenvalue weighted by Crippen LogP contribution is -2.54. The van der Waals surface area contributed by atoms with Crippen LogP contribution in [0.1, 0.15) is 76.7 Å². The van der Waals surface area contributed by atoms with E-state index >= 15 is 0 Å². The molecule has 1 aliphatic heterocycles. The molecule has 0 aromatic heterocycles. The van der Waals surface area contributed by atoms with Crippen LogP contribution < -0.4 is 10.6 Å². The Morgan fingerprint density at radius 3 is 2.72 bits per heavy atom. The summed E-state index contributed by atoms with van der Waals surface area (Å²) in [6.07, 6.45) is 10.0. The molecule has 0 bridgehead atoms. The van der Waals surface area contributed by atoms with Gasteiger partial charge in [0.15, 0.2) is 0 Å². The summed E-state index contributed by atoms with van der Waals surface area (Å²) in [7, 11) is 1.94. The summed E-state index contributed by atoms with van der Waals surface area (Å²) < 4.78 is 5.50. The Morgan fingerprint density at radius 2 is 2.00 bits per heavy atom. The molecule has 3 atom stereocenters. The van der Waals surface area contributed by atoms with E-state index in [1.54, 1.807) is 6.07 Å². The van der Waals surface area contributed by atoms with Crippen molar-refractivity contribution in [3.05, 3.63) is 33.8 Å². The van der Waals surface area contributed by atoms with Gasteiger partial charge in [-0.2, -0.15) is 0 Å². The minimum absolute atomic E-state index is 0.0335. The number of carbonyl (C=O) groups excluding carboxylic acids is 1. The molecule has 1 aromatic rings. The van der Waals surface area contributed by atoms with Gasteiger partial charge in [0.2, 0.25) is 0 Å². The number of benzene rings is 1. The molecule has 1 aromatic carbocycles.